The van der Waals surface area contributed by atoms with Crippen LogP contribution in [0.1, 0.15) is 21.5 Å². The van der Waals surface area contributed by atoms with Crippen molar-refractivity contribution in [2.45, 2.75) is 6.92 Å². The van der Waals surface area contributed by atoms with Gasteiger partial charge < -0.3 is 0 Å². The lowest BCUT2D eigenvalue weighted by atomic mass is 10.0. The largest absolute Gasteiger partial charge is 0.289 e. The summed E-state index contributed by atoms with van der Waals surface area (Å²) in [4.78, 5) is 16.2. The average molecular weight is 276 g/mol. The molecule has 0 bridgehead atoms. The summed E-state index contributed by atoms with van der Waals surface area (Å²) in [7, 11) is 0. The van der Waals surface area contributed by atoms with Crippen molar-refractivity contribution < 1.29 is 4.79 Å². The van der Waals surface area contributed by atoms with Crippen molar-refractivity contribution in [1.29, 1.82) is 0 Å². The van der Waals surface area contributed by atoms with E-state index in [0.717, 1.165) is 15.6 Å². The standard InChI is InChI=1S/C13H10BrNO/c1-9-4-2-3-5-12(9)13(16)10-6-11(14)8-15-7-10/h2-8H,1H3. The lowest BCUT2D eigenvalue weighted by Gasteiger charge is -2.04. The van der Waals surface area contributed by atoms with Crippen LogP contribution in [0.15, 0.2) is 47.2 Å². The zero-order valence-electron chi connectivity index (χ0n) is 8.77. The lowest BCUT2D eigenvalue weighted by Crippen LogP contribution is -2.03. The molecule has 0 radical (unpaired) electrons. The van der Waals surface area contributed by atoms with Gasteiger partial charge >= 0.3 is 0 Å². The molecule has 0 fully saturated rings. The number of nitrogens with zero attached hydrogens (tertiary/aromatic N) is 1. The fourth-order valence-electron chi connectivity index (χ4n) is 1.52. The van der Waals surface area contributed by atoms with Crippen molar-refractivity contribution in [3.8, 4) is 0 Å². The molecule has 1 heterocycles. The van der Waals surface area contributed by atoms with E-state index in [0.29, 0.717) is 5.56 Å². The fraction of sp³-hybridized carbons (Fsp3) is 0.0769. The molecule has 80 valence electrons. The Morgan fingerprint density at radius 3 is 2.69 bits per heavy atom. The zero-order valence-corrected chi connectivity index (χ0v) is 10.4. The molecule has 0 unspecified atom stereocenters. The van der Waals surface area contributed by atoms with E-state index in [9.17, 15) is 4.79 Å². The molecule has 0 saturated heterocycles. The molecule has 0 saturated carbocycles. The van der Waals surface area contributed by atoms with E-state index in [1.807, 2.05) is 31.2 Å². The van der Waals surface area contributed by atoms with E-state index in [4.69, 9.17) is 0 Å². The van der Waals surface area contributed by atoms with Crippen LogP contribution < -0.4 is 0 Å². The Balaban J connectivity index is 2.44. The highest BCUT2D eigenvalue weighted by Gasteiger charge is 2.11. The molecule has 0 aliphatic rings. The molecule has 2 aromatic rings. The van der Waals surface area contributed by atoms with Crippen molar-refractivity contribution >= 4 is 21.7 Å². The van der Waals surface area contributed by atoms with Crippen LogP contribution in [0.5, 0.6) is 0 Å². The molecule has 0 atom stereocenters. The predicted octanol–water partition coefficient (Wildman–Crippen LogP) is 3.38. The second-order valence-corrected chi connectivity index (χ2v) is 4.45. The number of aryl methyl sites for hydroxylation is 1. The number of rotatable bonds is 2. The minimum Gasteiger partial charge on any atom is -0.289 e. The summed E-state index contributed by atoms with van der Waals surface area (Å²) in [5.41, 5.74) is 2.30. The van der Waals surface area contributed by atoms with Crippen LogP contribution in [0.2, 0.25) is 0 Å². The number of halogens is 1. The highest BCUT2D eigenvalue weighted by atomic mass is 79.9. The predicted molar refractivity (Wildman–Crippen MR) is 66.5 cm³/mol. The maximum Gasteiger partial charge on any atom is 0.194 e. The topological polar surface area (TPSA) is 30.0 Å². The number of carbonyl (C=O) groups is 1. The van der Waals surface area contributed by atoms with Crippen LogP contribution in [0.3, 0.4) is 0 Å². The van der Waals surface area contributed by atoms with E-state index in [2.05, 4.69) is 20.9 Å². The Bertz CT molecular complexity index is 537. The van der Waals surface area contributed by atoms with Crippen LogP contribution in [-0.4, -0.2) is 10.8 Å². The first-order valence-electron chi connectivity index (χ1n) is 4.89. The van der Waals surface area contributed by atoms with E-state index in [-0.39, 0.29) is 5.78 Å². The van der Waals surface area contributed by atoms with Crippen LogP contribution >= 0.6 is 15.9 Å². The summed E-state index contributed by atoms with van der Waals surface area (Å²) in [6.07, 6.45) is 3.24. The molecular weight excluding hydrogens is 266 g/mol. The molecule has 0 spiro atoms. The third kappa shape index (κ3) is 2.19. The van der Waals surface area contributed by atoms with Gasteiger partial charge in [0.05, 0.1) is 0 Å². The van der Waals surface area contributed by atoms with Crippen molar-refractivity contribution in [1.82, 2.24) is 4.98 Å². The molecule has 1 aromatic heterocycles. The van der Waals surface area contributed by atoms with Crippen molar-refractivity contribution in [2.24, 2.45) is 0 Å². The number of benzene rings is 1. The van der Waals surface area contributed by atoms with E-state index in [1.54, 1.807) is 18.5 Å². The van der Waals surface area contributed by atoms with Gasteiger partial charge in [-0.1, -0.05) is 24.3 Å². The van der Waals surface area contributed by atoms with E-state index >= 15 is 0 Å². The lowest BCUT2D eigenvalue weighted by molar-refractivity contribution is 0.103. The number of pyridine rings is 1. The first kappa shape index (κ1) is 11.0. The Hall–Kier alpha value is -1.48. The van der Waals surface area contributed by atoms with Gasteiger partial charge in [0, 0.05) is 28.0 Å². The third-order valence-electron chi connectivity index (χ3n) is 2.36. The maximum atomic E-state index is 12.2. The second-order valence-electron chi connectivity index (χ2n) is 3.54. The molecule has 0 aliphatic carbocycles. The first-order valence-corrected chi connectivity index (χ1v) is 5.68. The van der Waals surface area contributed by atoms with E-state index in [1.165, 1.54) is 0 Å². The summed E-state index contributed by atoms with van der Waals surface area (Å²) < 4.78 is 0.812. The number of hydrogen-bond donors (Lipinski definition) is 0. The molecule has 0 aliphatic heterocycles. The molecule has 3 heteroatoms. The Morgan fingerprint density at radius 2 is 2.00 bits per heavy atom. The number of ketones is 1. The Kier molecular flexibility index (Phi) is 3.15. The Morgan fingerprint density at radius 1 is 1.25 bits per heavy atom. The number of hydrogen-bond acceptors (Lipinski definition) is 2. The van der Waals surface area contributed by atoms with Gasteiger partial charge in [-0.05, 0) is 34.5 Å². The molecule has 2 nitrogen and oxygen atoms in total. The minimum absolute atomic E-state index is 0.00639. The summed E-state index contributed by atoms with van der Waals surface area (Å²) in [6, 6.07) is 9.33. The quantitative estimate of drug-likeness (QED) is 0.787. The maximum absolute atomic E-state index is 12.2. The summed E-state index contributed by atoms with van der Waals surface area (Å²) in [6.45, 7) is 1.93. The number of carbonyl (C=O) groups excluding carboxylic acids is 1. The van der Waals surface area contributed by atoms with Crippen LogP contribution in [0.25, 0.3) is 0 Å². The van der Waals surface area contributed by atoms with E-state index < -0.39 is 0 Å². The van der Waals surface area contributed by atoms with Gasteiger partial charge in [-0.3, -0.25) is 9.78 Å². The van der Waals surface area contributed by atoms with Crippen LogP contribution in [0, 0.1) is 6.92 Å². The molecule has 0 N–H and O–H groups in total. The van der Waals surface area contributed by atoms with Gasteiger partial charge in [-0.15, -0.1) is 0 Å². The van der Waals surface area contributed by atoms with Crippen molar-refractivity contribution in [3.05, 3.63) is 63.9 Å². The molecule has 2 rings (SSSR count). The highest BCUT2D eigenvalue weighted by molar-refractivity contribution is 9.10. The summed E-state index contributed by atoms with van der Waals surface area (Å²) >= 11 is 3.31. The zero-order chi connectivity index (χ0) is 11.5. The summed E-state index contributed by atoms with van der Waals surface area (Å²) in [5, 5.41) is 0. The second kappa shape index (κ2) is 4.58. The van der Waals surface area contributed by atoms with Gasteiger partial charge in [0.1, 0.15) is 0 Å². The van der Waals surface area contributed by atoms with Gasteiger partial charge in [-0.2, -0.15) is 0 Å². The fourth-order valence-corrected chi connectivity index (χ4v) is 1.88. The monoisotopic (exact) mass is 275 g/mol. The molecule has 0 amide bonds. The number of aromatic nitrogens is 1. The van der Waals surface area contributed by atoms with Gasteiger partial charge in [0.2, 0.25) is 0 Å². The van der Waals surface area contributed by atoms with Crippen molar-refractivity contribution in [2.75, 3.05) is 0 Å². The van der Waals surface area contributed by atoms with Gasteiger partial charge in [0.15, 0.2) is 5.78 Å². The van der Waals surface area contributed by atoms with Crippen molar-refractivity contribution in [3.63, 3.8) is 0 Å². The highest BCUT2D eigenvalue weighted by Crippen LogP contribution is 2.16. The third-order valence-corrected chi connectivity index (χ3v) is 2.79. The summed E-state index contributed by atoms with van der Waals surface area (Å²) in [5.74, 6) is 0.00639. The molecule has 16 heavy (non-hydrogen) atoms. The SMILES string of the molecule is Cc1ccccc1C(=O)c1cncc(Br)c1. The van der Waals surface area contributed by atoms with Crippen LogP contribution in [-0.2, 0) is 0 Å². The molecular formula is C13H10BrNO. The molecule has 1 aromatic carbocycles. The average Bonchev–Trinajstić information content (AvgIpc) is 2.29. The smallest absolute Gasteiger partial charge is 0.194 e. The van der Waals surface area contributed by atoms with Gasteiger partial charge in [-0.25, -0.2) is 0 Å². The Labute approximate surface area is 102 Å². The minimum atomic E-state index is 0.00639. The van der Waals surface area contributed by atoms with Gasteiger partial charge in [0.25, 0.3) is 0 Å². The van der Waals surface area contributed by atoms with Crippen LogP contribution in [0.4, 0.5) is 0 Å². The first-order chi connectivity index (χ1) is 7.68. The normalized spacial score (nSPS) is 10.1.